The summed E-state index contributed by atoms with van der Waals surface area (Å²) in [5.41, 5.74) is 3.63. The first-order valence-electron chi connectivity index (χ1n) is 10.9. The number of aliphatic hydroxyl groups is 1. The number of hydrogen-bond donors (Lipinski definition) is 3. The van der Waals surface area contributed by atoms with Crippen LogP contribution in [-0.4, -0.2) is 50.2 Å². The number of aryl methyl sites for hydroxylation is 2. The molecule has 0 fully saturated rings. The molecule has 4 aromatic rings. The number of para-hydroxylation sites is 1. The fraction of sp³-hybridized carbons (Fsp3) is 0.250. The Morgan fingerprint density at radius 3 is 2.66 bits per heavy atom. The van der Waals surface area contributed by atoms with Crippen molar-refractivity contribution in [1.82, 2.24) is 19.1 Å². The lowest BCUT2D eigenvalue weighted by atomic mass is 10.2. The molecule has 182 valence electrons. The molecule has 0 aliphatic heterocycles. The van der Waals surface area contributed by atoms with E-state index >= 15 is 0 Å². The van der Waals surface area contributed by atoms with E-state index in [4.69, 9.17) is 9.47 Å². The third kappa shape index (κ3) is 5.25. The molecular weight excluding hydrogens is 452 g/mol. The van der Waals surface area contributed by atoms with E-state index < -0.39 is 17.4 Å². The number of fused-ring (bicyclic) bond motifs is 1. The van der Waals surface area contributed by atoms with Crippen molar-refractivity contribution in [3.8, 4) is 11.5 Å². The topological polar surface area (TPSA) is 136 Å². The van der Waals surface area contributed by atoms with Crippen LogP contribution in [0.3, 0.4) is 0 Å². The van der Waals surface area contributed by atoms with E-state index in [1.54, 1.807) is 25.5 Å². The van der Waals surface area contributed by atoms with Crippen molar-refractivity contribution in [3.63, 3.8) is 0 Å². The monoisotopic (exact) mass is 478 g/mol. The van der Waals surface area contributed by atoms with E-state index in [0.717, 1.165) is 16.9 Å². The Labute approximate surface area is 200 Å². The minimum Gasteiger partial charge on any atom is -0.497 e. The number of aromatic amines is 1. The second kappa shape index (κ2) is 10.3. The standard InChI is InChI=1S/C24H26N6O5/c1-15-6-4-5-7-19(15)35-14-17(31)13-30-20-21(29(2)24(33)27-22(20)32)26-23(30)28-25-12-16-8-10-18(34-3)11-9-16/h4-12,17,31H,13-14H2,1-3H3,(H,26,28)(H,27,32,33)/b25-12+. The molecule has 0 aliphatic carbocycles. The van der Waals surface area contributed by atoms with Crippen LogP contribution in [0.1, 0.15) is 11.1 Å². The summed E-state index contributed by atoms with van der Waals surface area (Å²) in [6.07, 6.45) is 0.596. The van der Waals surface area contributed by atoms with Gasteiger partial charge in [-0.1, -0.05) is 18.2 Å². The van der Waals surface area contributed by atoms with Gasteiger partial charge in [-0.25, -0.2) is 10.2 Å². The molecule has 3 N–H and O–H groups in total. The highest BCUT2D eigenvalue weighted by Gasteiger charge is 2.20. The van der Waals surface area contributed by atoms with E-state index in [1.807, 2.05) is 43.3 Å². The Hall–Kier alpha value is -4.38. The average molecular weight is 479 g/mol. The maximum absolute atomic E-state index is 12.6. The number of hydrogen-bond acceptors (Lipinski definition) is 8. The third-order valence-corrected chi connectivity index (χ3v) is 5.42. The molecule has 0 radical (unpaired) electrons. The number of aromatic nitrogens is 4. The molecule has 2 heterocycles. The second-order valence-electron chi connectivity index (χ2n) is 7.91. The Balaban J connectivity index is 1.61. The molecule has 1 unspecified atom stereocenters. The normalized spacial score (nSPS) is 12.2. The van der Waals surface area contributed by atoms with Crippen molar-refractivity contribution in [3.05, 3.63) is 80.5 Å². The quantitative estimate of drug-likeness (QED) is 0.246. The van der Waals surface area contributed by atoms with Gasteiger partial charge in [-0.2, -0.15) is 10.1 Å². The summed E-state index contributed by atoms with van der Waals surface area (Å²) in [5.74, 6) is 1.56. The predicted octanol–water partition coefficient (Wildman–Crippen LogP) is 1.63. The van der Waals surface area contributed by atoms with Crippen molar-refractivity contribution in [2.24, 2.45) is 12.1 Å². The second-order valence-corrected chi connectivity index (χ2v) is 7.91. The highest BCUT2D eigenvalue weighted by molar-refractivity contribution is 5.80. The number of nitrogens with one attached hydrogen (secondary N) is 2. The van der Waals surface area contributed by atoms with E-state index in [9.17, 15) is 14.7 Å². The molecule has 0 aliphatic rings. The van der Waals surface area contributed by atoms with Gasteiger partial charge in [0.05, 0.1) is 19.9 Å². The predicted molar refractivity (Wildman–Crippen MR) is 132 cm³/mol. The number of aliphatic hydroxyl groups excluding tert-OH is 1. The Bertz CT molecular complexity index is 1470. The zero-order valence-electron chi connectivity index (χ0n) is 19.6. The van der Waals surface area contributed by atoms with Gasteiger partial charge in [0.1, 0.15) is 24.2 Å². The van der Waals surface area contributed by atoms with Gasteiger partial charge in [0.25, 0.3) is 5.56 Å². The van der Waals surface area contributed by atoms with Crippen molar-refractivity contribution in [2.45, 2.75) is 19.6 Å². The first kappa shape index (κ1) is 23.8. The third-order valence-electron chi connectivity index (χ3n) is 5.42. The number of rotatable bonds is 9. The first-order valence-corrected chi connectivity index (χ1v) is 10.9. The average Bonchev–Trinajstić information content (AvgIpc) is 3.21. The zero-order valence-corrected chi connectivity index (χ0v) is 19.6. The van der Waals surface area contributed by atoms with Crippen LogP contribution in [0.25, 0.3) is 11.2 Å². The molecule has 0 spiro atoms. The lowest BCUT2D eigenvalue weighted by Gasteiger charge is -2.16. The van der Waals surface area contributed by atoms with Gasteiger partial charge in [-0.3, -0.25) is 14.3 Å². The number of nitrogens with zero attached hydrogens (tertiary/aromatic N) is 4. The number of H-pyrrole nitrogens is 1. The summed E-state index contributed by atoms with van der Waals surface area (Å²) < 4.78 is 13.6. The van der Waals surface area contributed by atoms with Gasteiger partial charge in [0.15, 0.2) is 11.2 Å². The van der Waals surface area contributed by atoms with Gasteiger partial charge in [-0.05, 0) is 48.4 Å². The van der Waals surface area contributed by atoms with Crippen LogP contribution < -0.4 is 26.1 Å². The van der Waals surface area contributed by atoms with Gasteiger partial charge in [0, 0.05) is 7.05 Å². The van der Waals surface area contributed by atoms with Crippen molar-refractivity contribution >= 4 is 23.3 Å². The molecule has 0 bridgehead atoms. The molecule has 1 atom stereocenters. The van der Waals surface area contributed by atoms with E-state index in [-0.39, 0.29) is 30.3 Å². The minimum atomic E-state index is -0.977. The smallest absolute Gasteiger partial charge is 0.329 e. The summed E-state index contributed by atoms with van der Waals surface area (Å²) in [7, 11) is 3.09. The number of benzene rings is 2. The fourth-order valence-corrected chi connectivity index (χ4v) is 3.52. The first-order chi connectivity index (χ1) is 16.9. The van der Waals surface area contributed by atoms with Crippen LogP contribution in [0, 0.1) is 6.92 Å². The summed E-state index contributed by atoms with van der Waals surface area (Å²) in [5, 5.41) is 14.9. The lowest BCUT2D eigenvalue weighted by Crippen LogP contribution is -2.30. The van der Waals surface area contributed by atoms with E-state index in [1.165, 1.54) is 16.2 Å². The van der Waals surface area contributed by atoms with Crippen LogP contribution in [0.2, 0.25) is 0 Å². The van der Waals surface area contributed by atoms with Crippen LogP contribution in [0.15, 0.2) is 63.2 Å². The number of methoxy groups -OCH3 is 1. The van der Waals surface area contributed by atoms with Gasteiger partial charge in [0.2, 0.25) is 5.95 Å². The van der Waals surface area contributed by atoms with E-state index in [0.29, 0.717) is 5.75 Å². The number of imidazole rings is 1. The highest BCUT2D eigenvalue weighted by Crippen LogP contribution is 2.19. The summed E-state index contributed by atoms with van der Waals surface area (Å²) in [6.45, 7) is 1.88. The number of hydrazone groups is 1. The van der Waals surface area contributed by atoms with Crippen LogP contribution in [0.4, 0.5) is 5.95 Å². The van der Waals surface area contributed by atoms with E-state index in [2.05, 4.69) is 20.5 Å². The molecule has 11 nitrogen and oxygen atoms in total. The molecule has 2 aromatic carbocycles. The fourth-order valence-electron chi connectivity index (χ4n) is 3.52. The summed E-state index contributed by atoms with van der Waals surface area (Å²) in [6, 6.07) is 14.7. The van der Waals surface area contributed by atoms with Crippen molar-refractivity contribution in [2.75, 3.05) is 19.1 Å². The Morgan fingerprint density at radius 1 is 1.20 bits per heavy atom. The molecule has 0 saturated carbocycles. The molecule has 11 heteroatoms. The molecule has 35 heavy (non-hydrogen) atoms. The molecule has 4 rings (SSSR count). The lowest BCUT2D eigenvalue weighted by molar-refractivity contribution is 0.0935. The molecule has 0 saturated heterocycles. The number of ether oxygens (including phenoxy) is 2. The zero-order chi connectivity index (χ0) is 24.9. The molecule has 2 aromatic heterocycles. The summed E-state index contributed by atoms with van der Waals surface area (Å²) >= 11 is 0. The Kier molecular flexibility index (Phi) is 6.97. The largest absolute Gasteiger partial charge is 0.497 e. The molecule has 0 amide bonds. The SMILES string of the molecule is COc1ccc(/C=N/Nc2nc3c(c(=O)[nH]c(=O)n3C)n2CC(O)COc2ccccc2C)cc1. The molecular formula is C24H26N6O5. The number of anilines is 1. The van der Waals surface area contributed by atoms with Crippen molar-refractivity contribution < 1.29 is 14.6 Å². The summed E-state index contributed by atoms with van der Waals surface area (Å²) in [4.78, 5) is 31.3. The van der Waals surface area contributed by atoms with Crippen LogP contribution in [-0.2, 0) is 13.6 Å². The maximum atomic E-state index is 12.6. The maximum Gasteiger partial charge on any atom is 0.329 e. The minimum absolute atomic E-state index is 0.0112. The highest BCUT2D eigenvalue weighted by atomic mass is 16.5. The van der Waals surface area contributed by atoms with Gasteiger partial charge >= 0.3 is 5.69 Å². The van der Waals surface area contributed by atoms with Crippen LogP contribution >= 0.6 is 0 Å². The van der Waals surface area contributed by atoms with Gasteiger partial charge < -0.3 is 19.1 Å². The van der Waals surface area contributed by atoms with Crippen molar-refractivity contribution in [1.29, 1.82) is 0 Å². The van der Waals surface area contributed by atoms with Gasteiger partial charge in [-0.15, -0.1) is 0 Å². The Morgan fingerprint density at radius 2 is 1.94 bits per heavy atom. The van der Waals surface area contributed by atoms with Crippen LogP contribution in [0.5, 0.6) is 11.5 Å².